The van der Waals surface area contributed by atoms with Crippen molar-refractivity contribution in [3.63, 3.8) is 0 Å². The Morgan fingerprint density at radius 3 is 2.30 bits per heavy atom. The zero-order chi connectivity index (χ0) is 15.1. The summed E-state index contributed by atoms with van der Waals surface area (Å²) in [4.78, 5) is 0. The summed E-state index contributed by atoms with van der Waals surface area (Å²) >= 11 is 14.8. The monoisotopic (exact) mass is 373 g/mol. The minimum Gasteiger partial charge on any atom is -0.324 e. The van der Waals surface area contributed by atoms with E-state index in [9.17, 15) is 0 Å². The highest BCUT2D eigenvalue weighted by atomic mass is 79.9. The standard InChI is InChI=1S/C8H9BrClN.C8H9Cl/c1-5(11)6-2-3-8(10)7(9)4-6;1-2-7-4-3-5-8(9)6-7/h2-5H,11H2,1H3;3-6H,2H2,1H3. The summed E-state index contributed by atoms with van der Waals surface area (Å²) in [6, 6.07) is 13.7. The van der Waals surface area contributed by atoms with Gasteiger partial charge in [0.05, 0.1) is 5.02 Å². The van der Waals surface area contributed by atoms with E-state index in [2.05, 4.69) is 28.9 Å². The fourth-order valence-electron chi connectivity index (χ4n) is 1.55. The molecule has 0 aromatic heterocycles. The highest BCUT2D eigenvalue weighted by Gasteiger charge is 2.01. The Balaban J connectivity index is 0.000000204. The average Bonchev–Trinajstić information content (AvgIpc) is 2.42. The summed E-state index contributed by atoms with van der Waals surface area (Å²) in [6.07, 6.45) is 1.06. The van der Waals surface area contributed by atoms with Crippen LogP contribution in [0.4, 0.5) is 0 Å². The average molecular weight is 375 g/mol. The summed E-state index contributed by atoms with van der Waals surface area (Å²) in [6.45, 7) is 4.06. The molecule has 0 bridgehead atoms. The molecule has 2 aromatic rings. The first-order chi connectivity index (χ1) is 9.43. The van der Waals surface area contributed by atoms with Crippen molar-refractivity contribution in [2.75, 3.05) is 0 Å². The van der Waals surface area contributed by atoms with Gasteiger partial charge in [-0.1, -0.05) is 48.3 Å². The van der Waals surface area contributed by atoms with Crippen molar-refractivity contribution in [1.82, 2.24) is 0 Å². The second-order valence-electron chi connectivity index (χ2n) is 4.45. The maximum atomic E-state index is 5.80. The molecule has 0 amide bonds. The van der Waals surface area contributed by atoms with Crippen LogP contribution in [0.2, 0.25) is 10.0 Å². The summed E-state index contributed by atoms with van der Waals surface area (Å²) in [5.74, 6) is 0. The smallest absolute Gasteiger partial charge is 0.0548 e. The zero-order valence-corrected chi connectivity index (χ0v) is 14.6. The second kappa shape index (κ2) is 8.68. The van der Waals surface area contributed by atoms with Gasteiger partial charge in [0.25, 0.3) is 0 Å². The normalized spacial score (nSPS) is 11.5. The fraction of sp³-hybridized carbons (Fsp3) is 0.250. The molecule has 0 fully saturated rings. The highest BCUT2D eigenvalue weighted by Crippen LogP contribution is 2.25. The lowest BCUT2D eigenvalue weighted by molar-refractivity contribution is 0.817. The van der Waals surface area contributed by atoms with Crippen LogP contribution >= 0.6 is 39.1 Å². The Bertz CT molecular complexity index is 556. The van der Waals surface area contributed by atoms with Crippen molar-refractivity contribution in [3.05, 3.63) is 68.1 Å². The van der Waals surface area contributed by atoms with Crippen LogP contribution in [0.1, 0.15) is 31.0 Å². The number of aryl methyl sites for hydroxylation is 1. The van der Waals surface area contributed by atoms with Crippen LogP contribution in [0.25, 0.3) is 0 Å². The molecule has 0 saturated heterocycles. The number of halogens is 3. The first-order valence-electron chi connectivity index (χ1n) is 6.39. The molecule has 1 atom stereocenters. The predicted molar refractivity (Wildman–Crippen MR) is 92.6 cm³/mol. The molecule has 0 spiro atoms. The lowest BCUT2D eigenvalue weighted by atomic mass is 10.1. The van der Waals surface area contributed by atoms with Gasteiger partial charge in [0, 0.05) is 15.5 Å². The molecule has 4 heteroatoms. The van der Waals surface area contributed by atoms with Crippen molar-refractivity contribution in [2.45, 2.75) is 26.3 Å². The molecule has 20 heavy (non-hydrogen) atoms. The predicted octanol–water partition coefficient (Wildman–Crippen LogP) is 6.02. The van der Waals surface area contributed by atoms with E-state index in [1.54, 1.807) is 0 Å². The van der Waals surface area contributed by atoms with Gasteiger partial charge in [-0.3, -0.25) is 0 Å². The van der Waals surface area contributed by atoms with E-state index in [1.807, 2.05) is 43.3 Å². The van der Waals surface area contributed by atoms with Gasteiger partial charge < -0.3 is 5.73 Å². The molecule has 2 rings (SSSR count). The van der Waals surface area contributed by atoms with Crippen molar-refractivity contribution < 1.29 is 0 Å². The first kappa shape index (κ1) is 17.5. The van der Waals surface area contributed by atoms with Crippen LogP contribution < -0.4 is 5.73 Å². The summed E-state index contributed by atoms with van der Waals surface area (Å²) in [7, 11) is 0. The van der Waals surface area contributed by atoms with Crippen molar-refractivity contribution in [1.29, 1.82) is 0 Å². The van der Waals surface area contributed by atoms with Gasteiger partial charge in [-0.2, -0.15) is 0 Å². The topological polar surface area (TPSA) is 26.0 Å². The zero-order valence-electron chi connectivity index (χ0n) is 11.5. The third-order valence-corrected chi connectivity index (χ3v) is 4.22. The quantitative estimate of drug-likeness (QED) is 0.682. The van der Waals surface area contributed by atoms with Crippen LogP contribution in [0.15, 0.2) is 46.9 Å². The largest absolute Gasteiger partial charge is 0.324 e. The molecule has 0 aliphatic rings. The van der Waals surface area contributed by atoms with Gasteiger partial charge in [-0.05, 0) is 64.7 Å². The maximum Gasteiger partial charge on any atom is 0.0548 e. The maximum absolute atomic E-state index is 5.80. The lowest BCUT2D eigenvalue weighted by Crippen LogP contribution is -2.04. The van der Waals surface area contributed by atoms with E-state index >= 15 is 0 Å². The van der Waals surface area contributed by atoms with Gasteiger partial charge in [-0.15, -0.1) is 0 Å². The summed E-state index contributed by atoms with van der Waals surface area (Å²) < 4.78 is 0.897. The van der Waals surface area contributed by atoms with Gasteiger partial charge in [0.15, 0.2) is 0 Å². The molecular weight excluding hydrogens is 357 g/mol. The third kappa shape index (κ3) is 5.84. The molecule has 0 saturated carbocycles. The second-order valence-corrected chi connectivity index (χ2v) is 6.14. The van der Waals surface area contributed by atoms with E-state index in [-0.39, 0.29) is 6.04 Å². The summed E-state index contributed by atoms with van der Waals surface area (Å²) in [5, 5.41) is 1.55. The van der Waals surface area contributed by atoms with Crippen LogP contribution in [-0.2, 0) is 6.42 Å². The molecule has 2 N–H and O–H groups in total. The van der Waals surface area contributed by atoms with Crippen molar-refractivity contribution in [3.8, 4) is 0 Å². The molecule has 1 nitrogen and oxygen atoms in total. The summed E-state index contributed by atoms with van der Waals surface area (Å²) in [5.41, 5.74) is 8.05. The minimum atomic E-state index is 0.0589. The van der Waals surface area contributed by atoms with Crippen molar-refractivity contribution >= 4 is 39.1 Å². The number of hydrogen-bond donors (Lipinski definition) is 1. The van der Waals surface area contributed by atoms with Crippen LogP contribution in [-0.4, -0.2) is 0 Å². The first-order valence-corrected chi connectivity index (χ1v) is 7.94. The Kier molecular flexibility index (Phi) is 7.60. The molecular formula is C16H18BrCl2N. The number of nitrogens with two attached hydrogens (primary N) is 1. The van der Waals surface area contributed by atoms with Crippen LogP contribution in [0.5, 0.6) is 0 Å². The molecule has 0 heterocycles. The number of hydrogen-bond acceptors (Lipinski definition) is 1. The Labute approximate surface area is 139 Å². The molecule has 0 radical (unpaired) electrons. The molecule has 0 aliphatic heterocycles. The fourth-order valence-corrected chi connectivity index (χ4v) is 2.28. The third-order valence-electron chi connectivity index (χ3n) is 2.77. The van der Waals surface area contributed by atoms with E-state index in [1.165, 1.54) is 5.56 Å². The van der Waals surface area contributed by atoms with Crippen molar-refractivity contribution in [2.24, 2.45) is 5.73 Å². The molecule has 1 unspecified atom stereocenters. The molecule has 0 aliphatic carbocycles. The van der Waals surface area contributed by atoms with E-state index in [4.69, 9.17) is 28.9 Å². The SMILES string of the molecule is CC(N)c1ccc(Cl)c(Br)c1.CCc1cccc(Cl)c1. The van der Waals surface area contributed by atoms with Crippen LogP contribution in [0, 0.1) is 0 Å². The minimum absolute atomic E-state index is 0.0589. The number of benzene rings is 2. The Hall–Kier alpha value is -0.540. The van der Waals surface area contributed by atoms with Crippen LogP contribution in [0.3, 0.4) is 0 Å². The molecule has 108 valence electrons. The Morgan fingerprint density at radius 1 is 1.15 bits per heavy atom. The Morgan fingerprint density at radius 2 is 1.85 bits per heavy atom. The highest BCUT2D eigenvalue weighted by molar-refractivity contribution is 9.10. The van der Waals surface area contributed by atoms with Gasteiger partial charge >= 0.3 is 0 Å². The number of rotatable bonds is 2. The van der Waals surface area contributed by atoms with E-state index in [0.29, 0.717) is 0 Å². The molecule has 2 aromatic carbocycles. The van der Waals surface area contributed by atoms with E-state index in [0.717, 1.165) is 26.5 Å². The van der Waals surface area contributed by atoms with E-state index < -0.39 is 0 Å². The van der Waals surface area contributed by atoms with Gasteiger partial charge in [0.2, 0.25) is 0 Å². The lowest BCUT2D eigenvalue weighted by Gasteiger charge is -2.05. The van der Waals surface area contributed by atoms with Gasteiger partial charge in [0.1, 0.15) is 0 Å². The van der Waals surface area contributed by atoms with Gasteiger partial charge in [-0.25, -0.2) is 0 Å².